The number of amides is 1. The molecule has 0 aliphatic carbocycles. The molecule has 0 fully saturated rings. The Labute approximate surface area is 165 Å². The van der Waals surface area contributed by atoms with Gasteiger partial charge >= 0.3 is 0 Å². The number of hydrogen-bond acceptors (Lipinski definition) is 6. The molecule has 0 saturated heterocycles. The number of sulfonamides is 1. The highest BCUT2D eigenvalue weighted by atomic mass is 35.5. The molecule has 1 atom stereocenters. The summed E-state index contributed by atoms with van der Waals surface area (Å²) in [6.45, 7) is 0. The van der Waals surface area contributed by atoms with Gasteiger partial charge in [0.2, 0.25) is 21.1 Å². The molecule has 3 rings (SSSR count). The smallest absolute Gasteiger partial charge is 0.241 e. The highest BCUT2D eigenvalue weighted by molar-refractivity contribution is 7.89. The summed E-state index contributed by atoms with van der Waals surface area (Å²) < 4.78 is 28.0. The number of benzene rings is 2. The summed E-state index contributed by atoms with van der Waals surface area (Å²) in [5.74, 6) is -0.376. The molecule has 1 aromatic heterocycles. The summed E-state index contributed by atoms with van der Waals surface area (Å²) in [4.78, 5) is 12.4. The highest BCUT2D eigenvalue weighted by Gasteiger charge is 2.24. The maximum Gasteiger partial charge on any atom is 0.241 e. The van der Waals surface area contributed by atoms with Gasteiger partial charge < -0.3 is 5.32 Å². The fraction of sp³-hybridized carbons (Fsp3) is 0.118. The van der Waals surface area contributed by atoms with E-state index < -0.39 is 16.1 Å². The fourth-order valence-electron chi connectivity index (χ4n) is 2.37. The summed E-state index contributed by atoms with van der Waals surface area (Å²) in [6.07, 6.45) is -0.101. The minimum Gasteiger partial charge on any atom is -0.300 e. The number of aromatic nitrogens is 2. The van der Waals surface area contributed by atoms with Crippen LogP contribution in [-0.4, -0.2) is 24.5 Å². The molecular weight excluding hydrogens is 408 g/mol. The molecule has 2 aromatic carbocycles. The van der Waals surface area contributed by atoms with Crippen molar-refractivity contribution in [2.24, 2.45) is 0 Å². The minimum absolute atomic E-state index is 0.0670. The first-order valence-corrected chi connectivity index (χ1v) is 10.6. The molecule has 0 aliphatic rings. The Kier molecular flexibility index (Phi) is 6.17. The third-order valence-electron chi connectivity index (χ3n) is 3.62. The van der Waals surface area contributed by atoms with Crippen molar-refractivity contribution < 1.29 is 13.2 Å². The van der Waals surface area contributed by atoms with E-state index in [0.717, 1.165) is 0 Å². The van der Waals surface area contributed by atoms with E-state index in [1.165, 1.54) is 41.1 Å². The van der Waals surface area contributed by atoms with Gasteiger partial charge in [0, 0.05) is 11.4 Å². The molecule has 0 saturated carbocycles. The van der Waals surface area contributed by atoms with E-state index in [4.69, 9.17) is 11.6 Å². The summed E-state index contributed by atoms with van der Waals surface area (Å²) in [6, 6.07) is 14.0. The van der Waals surface area contributed by atoms with E-state index in [2.05, 4.69) is 20.2 Å². The molecule has 7 nitrogen and oxygen atoms in total. The van der Waals surface area contributed by atoms with Gasteiger partial charge in [-0.15, -0.1) is 10.2 Å². The first-order chi connectivity index (χ1) is 12.9. The zero-order valence-electron chi connectivity index (χ0n) is 13.9. The summed E-state index contributed by atoms with van der Waals surface area (Å²) in [5.41, 5.74) is 2.16. The van der Waals surface area contributed by atoms with Crippen molar-refractivity contribution in [2.75, 3.05) is 5.32 Å². The molecule has 0 radical (unpaired) electrons. The number of carbonyl (C=O) groups is 1. The number of nitrogens with zero attached hydrogens (tertiary/aromatic N) is 2. The van der Waals surface area contributed by atoms with Crippen LogP contribution >= 0.6 is 22.9 Å². The van der Waals surface area contributed by atoms with Crippen LogP contribution < -0.4 is 10.0 Å². The molecule has 1 unspecified atom stereocenters. The Balaban J connectivity index is 1.81. The molecule has 3 aromatic rings. The van der Waals surface area contributed by atoms with E-state index in [1.807, 2.05) is 6.07 Å². The van der Waals surface area contributed by atoms with Crippen LogP contribution in [0.4, 0.5) is 5.13 Å². The topological polar surface area (TPSA) is 101 Å². The third kappa shape index (κ3) is 5.33. The lowest BCUT2D eigenvalue weighted by Gasteiger charge is -2.19. The Bertz CT molecular complexity index is 994. The minimum atomic E-state index is -3.85. The largest absolute Gasteiger partial charge is 0.300 e. The van der Waals surface area contributed by atoms with E-state index in [0.29, 0.717) is 15.7 Å². The Hall–Kier alpha value is -2.33. The second-order valence-corrected chi connectivity index (χ2v) is 8.52. The number of halogens is 1. The van der Waals surface area contributed by atoms with Gasteiger partial charge in [-0.25, -0.2) is 13.1 Å². The van der Waals surface area contributed by atoms with E-state index in [-0.39, 0.29) is 17.2 Å². The zero-order valence-corrected chi connectivity index (χ0v) is 16.3. The lowest BCUT2D eigenvalue weighted by molar-refractivity contribution is -0.116. The van der Waals surface area contributed by atoms with Crippen LogP contribution in [0.5, 0.6) is 0 Å². The van der Waals surface area contributed by atoms with E-state index >= 15 is 0 Å². The molecule has 0 aliphatic heterocycles. The van der Waals surface area contributed by atoms with Crippen LogP contribution in [0.15, 0.2) is 65.0 Å². The van der Waals surface area contributed by atoms with Gasteiger partial charge in [0.25, 0.3) is 0 Å². The average molecular weight is 423 g/mol. The maximum absolute atomic E-state index is 12.7. The number of nitrogens with one attached hydrogen (secondary N) is 2. The van der Waals surface area contributed by atoms with Crippen molar-refractivity contribution in [1.29, 1.82) is 0 Å². The molecular formula is C17H15ClN4O3S2. The lowest BCUT2D eigenvalue weighted by atomic mass is 10.0. The third-order valence-corrected chi connectivity index (χ3v) is 5.97. The molecule has 27 heavy (non-hydrogen) atoms. The van der Waals surface area contributed by atoms with Gasteiger partial charge in [-0.3, -0.25) is 4.79 Å². The number of rotatable bonds is 7. The number of anilines is 1. The van der Waals surface area contributed by atoms with E-state index in [9.17, 15) is 13.2 Å². The van der Waals surface area contributed by atoms with Crippen molar-refractivity contribution in [3.05, 3.63) is 70.7 Å². The molecule has 0 spiro atoms. The molecule has 140 valence electrons. The molecule has 0 bridgehead atoms. The normalized spacial score (nSPS) is 12.5. The SMILES string of the molecule is O=C(CC(NS(=O)(=O)c1ccc(Cl)cc1)c1ccccc1)Nc1nncs1. The average Bonchev–Trinajstić information content (AvgIpc) is 3.15. The Morgan fingerprint density at radius 3 is 2.44 bits per heavy atom. The predicted octanol–water partition coefficient (Wildman–Crippen LogP) is 3.24. The van der Waals surface area contributed by atoms with Crippen LogP contribution in [0.2, 0.25) is 5.02 Å². The molecule has 2 N–H and O–H groups in total. The standard InChI is InChI=1S/C17H15ClN4O3S2/c18-13-6-8-14(9-7-13)27(24,25)22-15(12-4-2-1-3-5-12)10-16(23)20-17-21-19-11-26-17/h1-9,11,15,22H,10H2,(H,20,21,23). The lowest BCUT2D eigenvalue weighted by Crippen LogP contribution is -2.31. The van der Waals surface area contributed by atoms with Gasteiger partial charge in [-0.05, 0) is 29.8 Å². The number of carbonyl (C=O) groups excluding carboxylic acids is 1. The van der Waals surface area contributed by atoms with Crippen LogP contribution in [0.1, 0.15) is 18.0 Å². The summed E-state index contributed by atoms with van der Waals surface area (Å²) in [7, 11) is -3.85. The summed E-state index contributed by atoms with van der Waals surface area (Å²) in [5, 5.41) is 10.8. The van der Waals surface area contributed by atoms with Gasteiger partial charge in [-0.2, -0.15) is 0 Å². The zero-order chi connectivity index (χ0) is 19.3. The van der Waals surface area contributed by atoms with Gasteiger partial charge in [0.1, 0.15) is 5.51 Å². The van der Waals surface area contributed by atoms with Crippen LogP contribution in [-0.2, 0) is 14.8 Å². The summed E-state index contributed by atoms with van der Waals surface area (Å²) >= 11 is 7.00. The van der Waals surface area contributed by atoms with E-state index in [1.54, 1.807) is 24.3 Å². The maximum atomic E-state index is 12.7. The second kappa shape index (κ2) is 8.57. The Morgan fingerprint density at radius 1 is 1.11 bits per heavy atom. The highest BCUT2D eigenvalue weighted by Crippen LogP contribution is 2.22. The van der Waals surface area contributed by atoms with Crippen molar-refractivity contribution in [3.8, 4) is 0 Å². The first-order valence-electron chi connectivity index (χ1n) is 7.83. The quantitative estimate of drug-likeness (QED) is 0.608. The first kappa shape index (κ1) is 19.4. The molecule has 1 amide bonds. The van der Waals surface area contributed by atoms with Crippen molar-refractivity contribution >= 4 is 44.0 Å². The number of hydrogen-bond donors (Lipinski definition) is 2. The van der Waals surface area contributed by atoms with Crippen LogP contribution in [0.3, 0.4) is 0 Å². The van der Waals surface area contributed by atoms with Gasteiger partial charge in [-0.1, -0.05) is 53.3 Å². The van der Waals surface area contributed by atoms with Crippen molar-refractivity contribution in [2.45, 2.75) is 17.4 Å². The predicted molar refractivity (Wildman–Crippen MR) is 104 cm³/mol. The Morgan fingerprint density at radius 2 is 1.81 bits per heavy atom. The second-order valence-electron chi connectivity index (χ2n) is 5.53. The van der Waals surface area contributed by atoms with Gasteiger partial charge in [0.15, 0.2) is 0 Å². The van der Waals surface area contributed by atoms with Crippen molar-refractivity contribution in [1.82, 2.24) is 14.9 Å². The van der Waals surface area contributed by atoms with Crippen LogP contribution in [0.25, 0.3) is 0 Å². The monoisotopic (exact) mass is 422 g/mol. The molecule has 1 heterocycles. The fourth-order valence-corrected chi connectivity index (χ4v) is 4.18. The molecule has 10 heteroatoms. The van der Waals surface area contributed by atoms with Crippen LogP contribution in [0, 0.1) is 0 Å². The van der Waals surface area contributed by atoms with Crippen molar-refractivity contribution in [3.63, 3.8) is 0 Å². The van der Waals surface area contributed by atoms with Gasteiger partial charge in [0.05, 0.1) is 10.9 Å².